The number of amides is 1. The second-order valence-electron chi connectivity index (χ2n) is 6.16. The van der Waals surface area contributed by atoms with Crippen LogP contribution in [-0.2, 0) is 6.54 Å². The van der Waals surface area contributed by atoms with E-state index in [2.05, 4.69) is 20.2 Å². The zero-order chi connectivity index (χ0) is 17.6. The molecule has 1 aromatic carbocycles. The quantitative estimate of drug-likeness (QED) is 0.804. The molecule has 0 radical (unpaired) electrons. The van der Waals surface area contributed by atoms with Crippen molar-refractivity contribution < 1.29 is 14.6 Å². The first-order valence-corrected chi connectivity index (χ1v) is 8.22. The summed E-state index contributed by atoms with van der Waals surface area (Å²) in [4.78, 5) is 22.4. The van der Waals surface area contributed by atoms with E-state index < -0.39 is 0 Å². The van der Waals surface area contributed by atoms with Crippen molar-refractivity contribution in [1.82, 2.24) is 20.2 Å². The zero-order valence-corrected chi connectivity index (χ0v) is 14.1. The average molecular weight is 342 g/mol. The highest BCUT2D eigenvalue weighted by molar-refractivity contribution is 5.92. The van der Waals surface area contributed by atoms with E-state index in [0.29, 0.717) is 6.54 Å². The van der Waals surface area contributed by atoms with Crippen molar-refractivity contribution in [2.24, 2.45) is 5.92 Å². The molecule has 7 heteroatoms. The van der Waals surface area contributed by atoms with Gasteiger partial charge in [0.25, 0.3) is 5.91 Å². The minimum Gasteiger partial charge on any atom is -0.497 e. The number of nitrogens with one attached hydrogen (secondary N) is 1. The van der Waals surface area contributed by atoms with E-state index >= 15 is 0 Å². The van der Waals surface area contributed by atoms with Gasteiger partial charge in [0.1, 0.15) is 11.4 Å². The summed E-state index contributed by atoms with van der Waals surface area (Å²) in [6.45, 7) is 2.21. The van der Waals surface area contributed by atoms with Crippen molar-refractivity contribution in [2.75, 3.05) is 26.8 Å². The van der Waals surface area contributed by atoms with E-state index in [1.165, 1.54) is 24.2 Å². The lowest BCUT2D eigenvalue weighted by Gasteiger charge is -2.17. The fraction of sp³-hybridized carbons (Fsp3) is 0.389. The molecule has 2 atom stereocenters. The van der Waals surface area contributed by atoms with Gasteiger partial charge >= 0.3 is 0 Å². The molecular formula is C18H22N4O3. The van der Waals surface area contributed by atoms with Gasteiger partial charge in [0.15, 0.2) is 0 Å². The van der Waals surface area contributed by atoms with Crippen LogP contribution in [0.3, 0.4) is 0 Å². The Balaban J connectivity index is 1.60. The SMILES string of the molecule is COc1ccc(CN2C[C@@H](CO)[C@H](NC(=O)c3cnccn3)C2)cc1. The van der Waals surface area contributed by atoms with Crippen LogP contribution >= 0.6 is 0 Å². The Kier molecular flexibility index (Phi) is 5.57. The average Bonchev–Trinajstić information content (AvgIpc) is 3.04. The molecule has 1 amide bonds. The van der Waals surface area contributed by atoms with Crippen LogP contribution in [0.4, 0.5) is 0 Å². The Morgan fingerprint density at radius 2 is 2.12 bits per heavy atom. The lowest BCUT2D eigenvalue weighted by molar-refractivity contribution is 0.0915. The monoisotopic (exact) mass is 342 g/mol. The molecule has 1 saturated heterocycles. The second kappa shape index (κ2) is 8.04. The molecule has 0 spiro atoms. The predicted octanol–water partition coefficient (Wildman–Crippen LogP) is 0.708. The van der Waals surface area contributed by atoms with E-state index in [4.69, 9.17) is 4.74 Å². The molecule has 2 aromatic rings. The van der Waals surface area contributed by atoms with Crippen molar-refractivity contribution in [1.29, 1.82) is 0 Å². The number of aliphatic hydroxyl groups excluding tert-OH is 1. The third-order valence-corrected chi connectivity index (χ3v) is 4.43. The van der Waals surface area contributed by atoms with E-state index in [1.807, 2.05) is 24.3 Å². The van der Waals surface area contributed by atoms with Crippen LogP contribution in [-0.4, -0.2) is 58.7 Å². The Hall–Kier alpha value is -2.51. The lowest BCUT2D eigenvalue weighted by atomic mass is 10.1. The van der Waals surface area contributed by atoms with Gasteiger partial charge in [-0.15, -0.1) is 0 Å². The molecule has 2 heterocycles. The Morgan fingerprint density at radius 1 is 1.32 bits per heavy atom. The minimum atomic E-state index is -0.261. The summed E-state index contributed by atoms with van der Waals surface area (Å²) in [7, 11) is 1.64. The normalized spacial score (nSPS) is 20.4. The number of rotatable bonds is 6. The molecule has 1 aromatic heterocycles. The minimum absolute atomic E-state index is 0.00105. The topological polar surface area (TPSA) is 87.6 Å². The zero-order valence-electron chi connectivity index (χ0n) is 14.1. The van der Waals surface area contributed by atoms with E-state index in [9.17, 15) is 9.90 Å². The van der Waals surface area contributed by atoms with Crippen molar-refractivity contribution in [3.8, 4) is 5.75 Å². The van der Waals surface area contributed by atoms with Gasteiger partial charge in [0, 0.05) is 50.6 Å². The molecule has 1 fully saturated rings. The number of aliphatic hydroxyl groups is 1. The molecule has 0 unspecified atom stereocenters. The number of benzene rings is 1. The van der Waals surface area contributed by atoms with Gasteiger partial charge in [0.2, 0.25) is 0 Å². The molecule has 1 aliphatic rings. The standard InChI is InChI=1S/C18H22N4O3/c1-25-15-4-2-13(3-5-15)9-22-10-14(12-23)17(11-22)21-18(24)16-8-19-6-7-20-16/h2-8,14,17,23H,9-12H2,1H3,(H,21,24)/t14-,17+/m0/s1. The predicted molar refractivity (Wildman–Crippen MR) is 92.1 cm³/mol. The van der Waals surface area contributed by atoms with Gasteiger partial charge in [-0.25, -0.2) is 4.98 Å². The molecule has 0 saturated carbocycles. The van der Waals surface area contributed by atoms with Gasteiger partial charge in [-0.2, -0.15) is 0 Å². The molecule has 7 nitrogen and oxygen atoms in total. The molecule has 2 N–H and O–H groups in total. The van der Waals surface area contributed by atoms with Crippen molar-refractivity contribution in [3.05, 3.63) is 54.1 Å². The number of methoxy groups -OCH3 is 1. The van der Waals surface area contributed by atoms with Crippen molar-refractivity contribution in [3.63, 3.8) is 0 Å². The Labute approximate surface area is 146 Å². The van der Waals surface area contributed by atoms with E-state index in [1.54, 1.807) is 7.11 Å². The highest BCUT2D eigenvalue weighted by atomic mass is 16.5. The summed E-state index contributed by atoms with van der Waals surface area (Å²) in [6.07, 6.45) is 4.45. The smallest absolute Gasteiger partial charge is 0.271 e. The fourth-order valence-electron chi connectivity index (χ4n) is 3.09. The van der Waals surface area contributed by atoms with Crippen molar-refractivity contribution in [2.45, 2.75) is 12.6 Å². The van der Waals surface area contributed by atoms with E-state index in [0.717, 1.165) is 18.8 Å². The molecule has 25 heavy (non-hydrogen) atoms. The number of ether oxygens (including phenoxy) is 1. The molecule has 3 rings (SSSR count). The van der Waals surface area contributed by atoms with Crippen LogP contribution in [0.15, 0.2) is 42.9 Å². The molecule has 0 bridgehead atoms. The third kappa shape index (κ3) is 4.32. The number of likely N-dealkylation sites (tertiary alicyclic amines) is 1. The number of aromatic nitrogens is 2. The highest BCUT2D eigenvalue weighted by Gasteiger charge is 2.33. The van der Waals surface area contributed by atoms with Gasteiger partial charge in [-0.3, -0.25) is 14.7 Å². The van der Waals surface area contributed by atoms with Crippen LogP contribution in [0.2, 0.25) is 0 Å². The number of carbonyl (C=O) groups excluding carboxylic acids is 1. The second-order valence-corrected chi connectivity index (χ2v) is 6.16. The molecular weight excluding hydrogens is 320 g/mol. The summed E-state index contributed by atoms with van der Waals surface area (Å²) >= 11 is 0. The molecule has 1 aliphatic heterocycles. The number of hydrogen-bond acceptors (Lipinski definition) is 6. The van der Waals surface area contributed by atoms with Crippen LogP contribution in [0, 0.1) is 5.92 Å². The van der Waals surface area contributed by atoms with Gasteiger partial charge in [0.05, 0.1) is 13.3 Å². The van der Waals surface area contributed by atoms with Gasteiger partial charge in [-0.05, 0) is 17.7 Å². The maximum atomic E-state index is 12.3. The maximum Gasteiger partial charge on any atom is 0.271 e. The fourth-order valence-corrected chi connectivity index (χ4v) is 3.09. The number of carbonyl (C=O) groups is 1. The Bertz CT molecular complexity index is 693. The summed E-state index contributed by atoms with van der Waals surface area (Å²) in [5.74, 6) is 0.564. The number of nitrogens with zero attached hydrogens (tertiary/aromatic N) is 3. The van der Waals surface area contributed by atoms with Crippen LogP contribution in [0.5, 0.6) is 5.75 Å². The summed E-state index contributed by atoms with van der Waals surface area (Å²) in [6, 6.07) is 7.80. The first-order chi connectivity index (χ1) is 12.2. The lowest BCUT2D eigenvalue weighted by Crippen LogP contribution is -2.41. The highest BCUT2D eigenvalue weighted by Crippen LogP contribution is 2.20. The van der Waals surface area contributed by atoms with Crippen LogP contribution in [0.25, 0.3) is 0 Å². The molecule has 0 aliphatic carbocycles. The molecule has 132 valence electrons. The summed E-state index contributed by atoms with van der Waals surface area (Å²) < 4.78 is 5.17. The van der Waals surface area contributed by atoms with Crippen LogP contribution < -0.4 is 10.1 Å². The third-order valence-electron chi connectivity index (χ3n) is 4.43. The van der Waals surface area contributed by atoms with Crippen molar-refractivity contribution >= 4 is 5.91 Å². The van der Waals surface area contributed by atoms with Gasteiger partial charge in [-0.1, -0.05) is 12.1 Å². The first kappa shape index (κ1) is 17.3. The van der Waals surface area contributed by atoms with E-state index in [-0.39, 0.29) is 30.2 Å². The largest absolute Gasteiger partial charge is 0.497 e. The Morgan fingerprint density at radius 3 is 2.76 bits per heavy atom. The maximum absolute atomic E-state index is 12.3. The first-order valence-electron chi connectivity index (χ1n) is 8.22. The summed E-state index contributed by atoms with van der Waals surface area (Å²) in [5, 5.41) is 12.6. The summed E-state index contributed by atoms with van der Waals surface area (Å²) in [5.41, 5.74) is 1.45. The van der Waals surface area contributed by atoms with Gasteiger partial charge < -0.3 is 15.2 Å². The van der Waals surface area contributed by atoms with Crippen LogP contribution in [0.1, 0.15) is 16.1 Å². The number of hydrogen-bond donors (Lipinski definition) is 2.